The van der Waals surface area contributed by atoms with Crippen LogP contribution in [0.25, 0.3) is 0 Å². The van der Waals surface area contributed by atoms with Crippen LogP contribution in [0.4, 0.5) is 5.69 Å². The Morgan fingerprint density at radius 1 is 1.04 bits per heavy atom. The molecule has 0 aliphatic heterocycles. The van der Waals surface area contributed by atoms with Gasteiger partial charge in [-0.25, -0.2) is 8.42 Å². The summed E-state index contributed by atoms with van der Waals surface area (Å²) < 4.78 is 32.2. The molecule has 0 N–H and O–H groups in total. The fourth-order valence-electron chi connectivity index (χ4n) is 2.57. The van der Waals surface area contributed by atoms with Gasteiger partial charge in [0.25, 0.3) is 15.9 Å². The predicted molar refractivity (Wildman–Crippen MR) is 102 cm³/mol. The molecule has 0 heterocycles. The fraction of sp³-hybridized carbons (Fsp3) is 0.316. The van der Waals surface area contributed by atoms with Gasteiger partial charge in [0.15, 0.2) is 0 Å². The first-order valence-electron chi connectivity index (χ1n) is 8.37. The second-order valence-corrected chi connectivity index (χ2v) is 7.65. The number of carbonyl (C=O) groups excluding carboxylic acids is 1. The molecule has 7 heteroatoms. The van der Waals surface area contributed by atoms with Crippen molar-refractivity contribution in [3.05, 3.63) is 54.1 Å². The summed E-state index contributed by atoms with van der Waals surface area (Å²) in [4.78, 5) is 14.2. The number of carbonyl (C=O) groups is 1. The van der Waals surface area contributed by atoms with Crippen LogP contribution in [0.2, 0.25) is 0 Å². The van der Waals surface area contributed by atoms with Crippen molar-refractivity contribution < 1.29 is 17.9 Å². The number of ether oxygens (including phenoxy) is 1. The van der Waals surface area contributed by atoms with E-state index in [1.807, 2.05) is 13.8 Å². The number of rotatable bonds is 7. The summed E-state index contributed by atoms with van der Waals surface area (Å²) in [6, 6.07) is 12.9. The Bertz CT molecular complexity index is 859. The van der Waals surface area contributed by atoms with E-state index in [9.17, 15) is 13.2 Å². The Kier molecular flexibility index (Phi) is 6.26. The molecular formula is C19H24N2O4S. The standard InChI is InChI=1S/C19H24N2O4S/c1-5-21(6-2)19(22)15-8-7-9-18(14-15)26(23,24)20(3)16-10-12-17(25-4)13-11-16/h7-14H,5-6H2,1-4H3. The van der Waals surface area contributed by atoms with Crippen LogP contribution >= 0.6 is 0 Å². The molecule has 0 aromatic heterocycles. The van der Waals surface area contributed by atoms with Crippen LogP contribution in [0.3, 0.4) is 0 Å². The van der Waals surface area contributed by atoms with Crippen molar-refractivity contribution in [1.29, 1.82) is 0 Å². The molecule has 0 unspecified atom stereocenters. The second-order valence-electron chi connectivity index (χ2n) is 5.68. The summed E-state index contributed by atoms with van der Waals surface area (Å²) in [6.07, 6.45) is 0. The first kappa shape index (κ1) is 19.8. The third-order valence-electron chi connectivity index (χ3n) is 4.23. The van der Waals surface area contributed by atoms with Crippen LogP contribution in [-0.4, -0.2) is 46.5 Å². The van der Waals surface area contributed by atoms with Crippen molar-refractivity contribution in [3.63, 3.8) is 0 Å². The zero-order chi connectivity index (χ0) is 19.3. The smallest absolute Gasteiger partial charge is 0.264 e. The molecule has 0 saturated heterocycles. The van der Waals surface area contributed by atoms with Crippen LogP contribution in [-0.2, 0) is 10.0 Å². The quantitative estimate of drug-likeness (QED) is 0.745. The number of methoxy groups -OCH3 is 1. The number of amides is 1. The van der Waals surface area contributed by atoms with Gasteiger partial charge >= 0.3 is 0 Å². The molecule has 2 aromatic rings. The minimum absolute atomic E-state index is 0.0776. The maximum atomic E-state index is 12.9. The molecular weight excluding hydrogens is 352 g/mol. The largest absolute Gasteiger partial charge is 0.497 e. The topological polar surface area (TPSA) is 66.9 Å². The highest BCUT2D eigenvalue weighted by Gasteiger charge is 2.23. The fourth-order valence-corrected chi connectivity index (χ4v) is 3.81. The SMILES string of the molecule is CCN(CC)C(=O)c1cccc(S(=O)(=O)N(C)c2ccc(OC)cc2)c1. The predicted octanol–water partition coefficient (Wildman–Crippen LogP) is 3.00. The summed E-state index contributed by atoms with van der Waals surface area (Å²) in [5.41, 5.74) is 0.865. The highest BCUT2D eigenvalue weighted by molar-refractivity contribution is 7.92. The zero-order valence-corrected chi connectivity index (χ0v) is 16.3. The van der Waals surface area contributed by atoms with E-state index in [0.29, 0.717) is 30.1 Å². The van der Waals surface area contributed by atoms with Gasteiger partial charge in [0.05, 0.1) is 17.7 Å². The normalized spacial score (nSPS) is 11.1. The van der Waals surface area contributed by atoms with Crippen molar-refractivity contribution in [3.8, 4) is 5.75 Å². The van der Waals surface area contributed by atoms with Crippen LogP contribution in [0.1, 0.15) is 24.2 Å². The van der Waals surface area contributed by atoms with Gasteiger partial charge in [-0.05, 0) is 56.3 Å². The van der Waals surface area contributed by atoms with Gasteiger partial charge < -0.3 is 9.64 Å². The Morgan fingerprint density at radius 3 is 2.19 bits per heavy atom. The van der Waals surface area contributed by atoms with Crippen molar-refractivity contribution in [2.24, 2.45) is 0 Å². The Hall–Kier alpha value is -2.54. The molecule has 2 rings (SSSR count). The van der Waals surface area contributed by atoms with E-state index >= 15 is 0 Å². The lowest BCUT2D eigenvalue weighted by molar-refractivity contribution is 0.0772. The van der Waals surface area contributed by atoms with Gasteiger partial charge in [-0.1, -0.05) is 6.07 Å². The molecule has 0 aliphatic rings. The molecule has 140 valence electrons. The minimum atomic E-state index is -3.78. The van der Waals surface area contributed by atoms with Gasteiger partial charge in [0, 0.05) is 25.7 Å². The van der Waals surface area contributed by atoms with Gasteiger partial charge in [-0.3, -0.25) is 9.10 Å². The molecule has 0 fully saturated rings. The van der Waals surface area contributed by atoms with Crippen molar-refractivity contribution in [2.75, 3.05) is 31.6 Å². The Morgan fingerprint density at radius 2 is 1.65 bits per heavy atom. The lowest BCUT2D eigenvalue weighted by Crippen LogP contribution is -2.31. The third-order valence-corrected chi connectivity index (χ3v) is 6.01. The molecule has 0 saturated carbocycles. The van der Waals surface area contributed by atoms with Crippen LogP contribution < -0.4 is 9.04 Å². The minimum Gasteiger partial charge on any atom is -0.497 e. The molecule has 0 radical (unpaired) electrons. The maximum Gasteiger partial charge on any atom is 0.264 e. The highest BCUT2D eigenvalue weighted by Crippen LogP contribution is 2.25. The summed E-state index contributed by atoms with van der Waals surface area (Å²) in [7, 11) is -0.753. The molecule has 6 nitrogen and oxygen atoms in total. The number of nitrogens with zero attached hydrogens (tertiary/aromatic N) is 2. The van der Waals surface area contributed by atoms with E-state index in [-0.39, 0.29) is 10.8 Å². The van der Waals surface area contributed by atoms with E-state index < -0.39 is 10.0 Å². The lowest BCUT2D eigenvalue weighted by atomic mass is 10.2. The van der Waals surface area contributed by atoms with E-state index in [1.165, 1.54) is 23.5 Å². The van der Waals surface area contributed by atoms with Crippen LogP contribution in [0.15, 0.2) is 53.4 Å². The first-order chi connectivity index (χ1) is 12.3. The average molecular weight is 376 g/mol. The molecule has 0 bridgehead atoms. The van der Waals surface area contributed by atoms with Crippen molar-refractivity contribution in [2.45, 2.75) is 18.7 Å². The first-order valence-corrected chi connectivity index (χ1v) is 9.81. The summed E-state index contributed by atoms with van der Waals surface area (Å²) in [6.45, 7) is 4.91. The number of hydrogen-bond donors (Lipinski definition) is 0. The highest BCUT2D eigenvalue weighted by atomic mass is 32.2. The van der Waals surface area contributed by atoms with Crippen molar-refractivity contribution >= 4 is 21.6 Å². The lowest BCUT2D eigenvalue weighted by Gasteiger charge is -2.21. The summed E-state index contributed by atoms with van der Waals surface area (Å²) in [5.74, 6) is 0.463. The molecule has 0 spiro atoms. The zero-order valence-electron chi connectivity index (χ0n) is 15.5. The van der Waals surface area contributed by atoms with Gasteiger partial charge in [0.2, 0.25) is 0 Å². The summed E-state index contributed by atoms with van der Waals surface area (Å²) in [5, 5.41) is 0. The molecule has 2 aromatic carbocycles. The second kappa shape index (κ2) is 8.23. The molecule has 0 aliphatic carbocycles. The summed E-state index contributed by atoms with van der Waals surface area (Å²) >= 11 is 0. The number of anilines is 1. The van der Waals surface area contributed by atoms with Crippen LogP contribution in [0, 0.1) is 0 Å². The van der Waals surface area contributed by atoms with Gasteiger partial charge in [0.1, 0.15) is 5.75 Å². The average Bonchev–Trinajstić information content (AvgIpc) is 2.68. The third kappa shape index (κ3) is 3.99. The molecule has 26 heavy (non-hydrogen) atoms. The number of hydrogen-bond acceptors (Lipinski definition) is 4. The Labute approximate surface area is 155 Å². The van der Waals surface area contributed by atoms with E-state index in [4.69, 9.17) is 4.74 Å². The van der Waals surface area contributed by atoms with E-state index in [1.54, 1.807) is 48.4 Å². The molecule has 0 atom stereocenters. The number of sulfonamides is 1. The van der Waals surface area contributed by atoms with E-state index in [2.05, 4.69) is 0 Å². The Balaban J connectivity index is 2.36. The molecule has 1 amide bonds. The monoisotopic (exact) mass is 376 g/mol. The maximum absolute atomic E-state index is 12.9. The number of benzene rings is 2. The van der Waals surface area contributed by atoms with Crippen molar-refractivity contribution in [1.82, 2.24) is 4.90 Å². The van der Waals surface area contributed by atoms with E-state index in [0.717, 1.165) is 0 Å². The van der Waals surface area contributed by atoms with Gasteiger partial charge in [-0.2, -0.15) is 0 Å². The van der Waals surface area contributed by atoms with Gasteiger partial charge in [-0.15, -0.1) is 0 Å². The van der Waals surface area contributed by atoms with Crippen LogP contribution in [0.5, 0.6) is 5.75 Å².